The molecule has 0 bridgehead atoms. The average molecular weight is 282 g/mol. The molecule has 2 heteroatoms. The van der Waals surface area contributed by atoms with Crippen molar-refractivity contribution >= 4 is 5.70 Å². The van der Waals surface area contributed by atoms with E-state index in [1.54, 1.807) is 6.20 Å². The van der Waals surface area contributed by atoms with Crippen LogP contribution in [0.25, 0.3) is 5.70 Å². The van der Waals surface area contributed by atoms with Gasteiger partial charge in [-0.3, -0.25) is 0 Å². The highest BCUT2D eigenvalue weighted by Gasteiger charge is 2.12. The number of hydrogen-bond acceptors (Lipinski definition) is 2. The second kappa shape index (κ2) is 7.16. The molecule has 0 saturated carbocycles. The van der Waals surface area contributed by atoms with Gasteiger partial charge in [0.2, 0.25) is 0 Å². The van der Waals surface area contributed by atoms with E-state index in [-0.39, 0.29) is 0 Å². The summed E-state index contributed by atoms with van der Waals surface area (Å²) in [6.45, 7) is 14.0. The number of allylic oxidation sites excluding steroid dienone is 1. The van der Waals surface area contributed by atoms with Gasteiger partial charge in [0.05, 0.1) is 0 Å². The predicted molar refractivity (Wildman–Crippen MR) is 91.8 cm³/mol. The summed E-state index contributed by atoms with van der Waals surface area (Å²) in [7, 11) is 0. The monoisotopic (exact) mass is 282 g/mol. The number of fused-ring (bicyclic) bond motifs is 1. The Morgan fingerprint density at radius 2 is 2.05 bits per heavy atom. The maximum absolute atomic E-state index is 4.19. The molecule has 0 aliphatic heterocycles. The SMILES string of the molecule is C=CNC(=C)CCC(C)NC(=C)c1ccc2c(c1)CCC2. The first kappa shape index (κ1) is 15.4. The van der Waals surface area contributed by atoms with Crippen LogP contribution in [0.5, 0.6) is 0 Å². The lowest BCUT2D eigenvalue weighted by Gasteiger charge is -2.18. The zero-order valence-electron chi connectivity index (χ0n) is 13.0. The predicted octanol–water partition coefficient (Wildman–Crippen LogP) is 4.15. The Morgan fingerprint density at radius 3 is 2.81 bits per heavy atom. The molecule has 21 heavy (non-hydrogen) atoms. The number of aryl methyl sites for hydroxylation is 2. The third kappa shape index (κ3) is 4.25. The number of hydrogen-bond donors (Lipinski definition) is 2. The largest absolute Gasteiger partial charge is 0.383 e. The van der Waals surface area contributed by atoms with Crippen molar-refractivity contribution in [2.24, 2.45) is 0 Å². The van der Waals surface area contributed by atoms with Gasteiger partial charge in [-0.25, -0.2) is 0 Å². The fourth-order valence-corrected chi connectivity index (χ4v) is 2.82. The molecular formula is C19H26N2. The molecule has 0 spiro atoms. The molecule has 0 amide bonds. The van der Waals surface area contributed by atoms with Crippen molar-refractivity contribution in [1.82, 2.24) is 10.6 Å². The molecule has 2 N–H and O–H groups in total. The molecule has 1 atom stereocenters. The van der Waals surface area contributed by atoms with Gasteiger partial charge in [0.15, 0.2) is 0 Å². The summed E-state index contributed by atoms with van der Waals surface area (Å²) >= 11 is 0. The molecule has 0 saturated heterocycles. The number of nitrogens with one attached hydrogen (secondary N) is 2. The van der Waals surface area contributed by atoms with Crippen LogP contribution in [0.15, 0.2) is 49.8 Å². The molecule has 1 aliphatic rings. The van der Waals surface area contributed by atoms with Crippen LogP contribution < -0.4 is 10.6 Å². The summed E-state index contributed by atoms with van der Waals surface area (Å²) < 4.78 is 0. The van der Waals surface area contributed by atoms with Gasteiger partial charge in [-0.05, 0) is 68.0 Å². The molecule has 0 heterocycles. The Morgan fingerprint density at radius 1 is 1.29 bits per heavy atom. The van der Waals surface area contributed by atoms with E-state index in [1.807, 2.05) is 0 Å². The highest BCUT2D eigenvalue weighted by atomic mass is 14.9. The Labute approximate surface area is 128 Å². The lowest BCUT2D eigenvalue weighted by atomic mass is 10.0. The number of benzene rings is 1. The van der Waals surface area contributed by atoms with Crippen LogP contribution in [-0.4, -0.2) is 6.04 Å². The van der Waals surface area contributed by atoms with Crippen molar-refractivity contribution in [1.29, 1.82) is 0 Å². The molecule has 0 fully saturated rings. The highest BCUT2D eigenvalue weighted by molar-refractivity contribution is 5.63. The summed E-state index contributed by atoms with van der Waals surface area (Å²) in [4.78, 5) is 0. The zero-order chi connectivity index (χ0) is 15.2. The van der Waals surface area contributed by atoms with Crippen molar-refractivity contribution < 1.29 is 0 Å². The number of rotatable bonds is 8. The molecule has 112 valence electrons. The van der Waals surface area contributed by atoms with Crippen molar-refractivity contribution in [3.05, 3.63) is 66.5 Å². The lowest BCUT2D eigenvalue weighted by Crippen LogP contribution is -2.24. The average Bonchev–Trinajstić information content (AvgIpc) is 2.92. The van der Waals surface area contributed by atoms with Crippen molar-refractivity contribution in [3.63, 3.8) is 0 Å². The van der Waals surface area contributed by atoms with Crippen LogP contribution in [-0.2, 0) is 12.8 Å². The second-order valence-corrected chi connectivity index (χ2v) is 5.85. The fraction of sp³-hybridized carbons (Fsp3) is 0.368. The summed E-state index contributed by atoms with van der Waals surface area (Å²) in [5.41, 5.74) is 6.23. The van der Waals surface area contributed by atoms with Crippen molar-refractivity contribution in [2.45, 2.75) is 45.1 Å². The van der Waals surface area contributed by atoms with Gasteiger partial charge in [0, 0.05) is 17.4 Å². The van der Waals surface area contributed by atoms with Crippen LogP contribution >= 0.6 is 0 Å². The first-order valence-corrected chi connectivity index (χ1v) is 7.73. The summed E-state index contributed by atoms with van der Waals surface area (Å²) in [5, 5.41) is 6.53. The third-order valence-electron chi connectivity index (χ3n) is 4.05. The van der Waals surface area contributed by atoms with Gasteiger partial charge >= 0.3 is 0 Å². The van der Waals surface area contributed by atoms with E-state index in [2.05, 4.69) is 55.5 Å². The van der Waals surface area contributed by atoms with E-state index in [1.165, 1.54) is 36.0 Å². The van der Waals surface area contributed by atoms with Gasteiger partial charge < -0.3 is 10.6 Å². The normalized spacial score (nSPS) is 14.1. The van der Waals surface area contributed by atoms with Crippen molar-refractivity contribution in [3.8, 4) is 0 Å². The Kier molecular flexibility index (Phi) is 5.26. The van der Waals surface area contributed by atoms with E-state index in [9.17, 15) is 0 Å². The van der Waals surface area contributed by atoms with Gasteiger partial charge in [-0.2, -0.15) is 0 Å². The molecule has 1 aromatic rings. The van der Waals surface area contributed by atoms with Crippen LogP contribution in [0.2, 0.25) is 0 Å². The zero-order valence-corrected chi connectivity index (χ0v) is 13.0. The molecule has 0 aromatic heterocycles. The fourth-order valence-electron chi connectivity index (χ4n) is 2.82. The van der Waals surface area contributed by atoms with E-state index < -0.39 is 0 Å². The second-order valence-electron chi connectivity index (χ2n) is 5.85. The highest BCUT2D eigenvalue weighted by Crippen LogP contribution is 2.25. The van der Waals surface area contributed by atoms with Gasteiger partial charge in [0.1, 0.15) is 0 Å². The minimum absolute atomic E-state index is 0.370. The first-order valence-electron chi connectivity index (χ1n) is 7.73. The Hall–Kier alpha value is -1.96. The van der Waals surface area contributed by atoms with E-state index in [0.717, 1.165) is 24.2 Å². The minimum atomic E-state index is 0.370. The molecule has 2 rings (SSSR count). The summed E-state index contributed by atoms with van der Waals surface area (Å²) in [6.07, 6.45) is 7.34. The van der Waals surface area contributed by atoms with E-state index in [4.69, 9.17) is 0 Å². The first-order chi connectivity index (χ1) is 10.1. The molecule has 2 nitrogen and oxygen atoms in total. The lowest BCUT2D eigenvalue weighted by molar-refractivity contribution is 0.588. The Balaban J connectivity index is 1.86. The maximum Gasteiger partial charge on any atom is 0.0342 e. The third-order valence-corrected chi connectivity index (χ3v) is 4.05. The quantitative estimate of drug-likeness (QED) is 0.748. The molecule has 1 aromatic carbocycles. The standard InChI is InChI=1S/C19H26N2/c1-5-20-14(2)9-10-15(3)21-16(4)18-12-11-17-7-6-8-19(17)13-18/h5,11-13,15,20-21H,1-2,4,6-10H2,3H3. The summed E-state index contributed by atoms with van der Waals surface area (Å²) in [5.74, 6) is 0. The van der Waals surface area contributed by atoms with Crippen LogP contribution in [0.3, 0.4) is 0 Å². The molecule has 1 aliphatic carbocycles. The van der Waals surface area contributed by atoms with Crippen LogP contribution in [0.1, 0.15) is 42.9 Å². The summed E-state index contributed by atoms with van der Waals surface area (Å²) in [6, 6.07) is 7.10. The maximum atomic E-state index is 4.19. The molecule has 1 unspecified atom stereocenters. The van der Waals surface area contributed by atoms with Crippen LogP contribution in [0.4, 0.5) is 0 Å². The van der Waals surface area contributed by atoms with Gasteiger partial charge in [-0.1, -0.05) is 31.9 Å². The van der Waals surface area contributed by atoms with Gasteiger partial charge in [-0.15, -0.1) is 0 Å². The van der Waals surface area contributed by atoms with E-state index >= 15 is 0 Å². The van der Waals surface area contributed by atoms with Crippen LogP contribution in [0, 0.1) is 0 Å². The molecular weight excluding hydrogens is 256 g/mol. The Bertz CT molecular complexity index is 542. The van der Waals surface area contributed by atoms with Gasteiger partial charge in [0.25, 0.3) is 0 Å². The smallest absolute Gasteiger partial charge is 0.0342 e. The molecule has 0 radical (unpaired) electrons. The van der Waals surface area contributed by atoms with Crippen molar-refractivity contribution in [2.75, 3.05) is 0 Å². The van der Waals surface area contributed by atoms with E-state index in [0.29, 0.717) is 6.04 Å². The topological polar surface area (TPSA) is 24.1 Å². The minimum Gasteiger partial charge on any atom is -0.383 e.